The van der Waals surface area contributed by atoms with Crippen molar-refractivity contribution < 1.29 is 0 Å². The van der Waals surface area contributed by atoms with Crippen molar-refractivity contribution in [3.63, 3.8) is 0 Å². The molecular weight excluding hydrogens is 222 g/mol. The minimum absolute atomic E-state index is 0.120. The van der Waals surface area contributed by atoms with E-state index >= 15 is 0 Å². The molecule has 0 aliphatic rings. The average molecular weight is 247 g/mol. The van der Waals surface area contributed by atoms with E-state index in [2.05, 4.69) is 43.9 Å². The summed E-state index contributed by atoms with van der Waals surface area (Å²) in [5.74, 6) is 0.393. The summed E-state index contributed by atoms with van der Waals surface area (Å²) in [4.78, 5) is 2.35. The molecule has 0 bridgehead atoms. The smallest absolute Gasteiger partial charge is 0.0947 e. The van der Waals surface area contributed by atoms with E-state index in [1.165, 1.54) is 16.7 Å². The van der Waals surface area contributed by atoms with E-state index in [1.54, 1.807) is 0 Å². The van der Waals surface area contributed by atoms with Crippen LogP contribution in [0.5, 0.6) is 0 Å². The molecule has 0 heterocycles. The highest BCUT2D eigenvalue weighted by molar-refractivity contribution is 5.79. The van der Waals surface area contributed by atoms with Crippen molar-refractivity contribution in [2.45, 2.75) is 34.2 Å². The number of rotatable bonds is 6. The molecule has 3 nitrogen and oxygen atoms in total. The Kier molecular flexibility index (Phi) is 5.35. The SMILES string of the molecule is CCN(Cc1c(C)cccc1C)CC(C)C(=N)N. The molecule has 1 unspecified atom stereocenters. The molecule has 0 saturated heterocycles. The molecule has 18 heavy (non-hydrogen) atoms. The number of benzene rings is 1. The minimum Gasteiger partial charge on any atom is -0.387 e. The molecule has 1 rings (SSSR count). The molecule has 0 aromatic heterocycles. The van der Waals surface area contributed by atoms with Gasteiger partial charge in [0.25, 0.3) is 0 Å². The van der Waals surface area contributed by atoms with Crippen molar-refractivity contribution in [2.75, 3.05) is 13.1 Å². The Balaban J connectivity index is 2.77. The van der Waals surface area contributed by atoms with Crippen LogP contribution in [0.2, 0.25) is 0 Å². The summed E-state index contributed by atoms with van der Waals surface area (Å²) >= 11 is 0. The van der Waals surface area contributed by atoms with Crippen molar-refractivity contribution >= 4 is 5.84 Å². The van der Waals surface area contributed by atoms with Gasteiger partial charge in [0, 0.05) is 19.0 Å². The lowest BCUT2D eigenvalue weighted by Gasteiger charge is -2.25. The second-order valence-electron chi connectivity index (χ2n) is 5.05. The maximum atomic E-state index is 7.48. The summed E-state index contributed by atoms with van der Waals surface area (Å²) in [6.45, 7) is 11.2. The van der Waals surface area contributed by atoms with Gasteiger partial charge >= 0.3 is 0 Å². The van der Waals surface area contributed by atoms with Gasteiger partial charge in [0.1, 0.15) is 0 Å². The number of amidine groups is 1. The quantitative estimate of drug-likeness (QED) is 0.600. The molecule has 0 radical (unpaired) electrons. The third kappa shape index (κ3) is 3.84. The molecule has 0 fully saturated rings. The van der Waals surface area contributed by atoms with Gasteiger partial charge in [-0.3, -0.25) is 10.3 Å². The van der Waals surface area contributed by atoms with Gasteiger partial charge in [-0.15, -0.1) is 0 Å². The predicted molar refractivity (Wildman–Crippen MR) is 77.9 cm³/mol. The average Bonchev–Trinajstić information content (AvgIpc) is 2.32. The second kappa shape index (κ2) is 6.55. The first-order valence-electron chi connectivity index (χ1n) is 6.57. The lowest BCUT2D eigenvalue weighted by Crippen LogP contribution is -2.34. The monoisotopic (exact) mass is 247 g/mol. The van der Waals surface area contributed by atoms with Gasteiger partial charge in [-0.2, -0.15) is 0 Å². The maximum absolute atomic E-state index is 7.48. The highest BCUT2D eigenvalue weighted by atomic mass is 15.1. The van der Waals surface area contributed by atoms with Crippen molar-refractivity contribution in [2.24, 2.45) is 11.7 Å². The van der Waals surface area contributed by atoms with E-state index in [0.29, 0.717) is 0 Å². The highest BCUT2D eigenvalue weighted by Crippen LogP contribution is 2.16. The van der Waals surface area contributed by atoms with Gasteiger partial charge in [-0.05, 0) is 37.1 Å². The molecule has 0 saturated carbocycles. The number of nitrogens with two attached hydrogens (primary N) is 1. The second-order valence-corrected chi connectivity index (χ2v) is 5.05. The Hall–Kier alpha value is -1.35. The van der Waals surface area contributed by atoms with Gasteiger partial charge in [-0.25, -0.2) is 0 Å². The predicted octanol–water partition coefficient (Wildman–Crippen LogP) is 2.70. The lowest BCUT2D eigenvalue weighted by atomic mass is 10.0. The third-order valence-corrected chi connectivity index (χ3v) is 3.54. The fraction of sp³-hybridized carbons (Fsp3) is 0.533. The Morgan fingerprint density at radius 2 is 1.89 bits per heavy atom. The first-order chi connectivity index (χ1) is 8.45. The molecular formula is C15H25N3. The van der Waals surface area contributed by atoms with Crippen molar-refractivity contribution in [3.05, 3.63) is 34.9 Å². The van der Waals surface area contributed by atoms with Crippen LogP contribution in [0.25, 0.3) is 0 Å². The molecule has 100 valence electrons. The minimum atomic E-state index is 0.120. The van der Waals surface area contributed by atoms with Crippen LogP contribution in [-0.4, -0.2) is 23.8 Å². The Morgan fingerprint density at radius 3 is 2.33 bits per heavy atom. The molecule has 1 atom stereocenters. The van der Waals surface area contributed by atoms with Gasteiger partial charge < -0.3 is 5.73 Å². The zero-order valence-corrected chi connectivity index (χ0v) is 12.0. The third-order valence-electron chi connectivity index (χ3n) is 3.54. The standard InChI is InChI=1S/C15H25N3/c1-5-18(9-13(4)15(16)17)10-14-11(2)7-6-8-12(14)3/h6-8,13H,5,9-10H2,1-4H3,(H3,16,17). The zero-order valence-electron chi connectivity index (χ0n) is 12.0. The number of hydrogen-bond donors (Lipinski definition) is 2. The number of aryl methyl sites for hydroxylation is 2. The van der Waals surface area contributed by atoms with Gasteiger partial charge in [0.2, 0.25) is 0 Å². The summed E-state index contributed by atoms with van der Waals surface area (Å²) in [6, 6.07) is 6.41. The number of nitrogens with one attached hydrogen (secondary N) is 1. The van der Waals surface area contributed by atoms with E-state index < -0.39 is 0 Å². The van der Waals surface area contributed by atoms with Crippen LogP contribution >= 0.6 is 0 Å². The fourth-order valence-corrected chi connectivity index (χ4v) is 2.11. The summed E-state index contributed by atoms with van der Waals surface area (Å²) in [6.07, 6.45) is 0. The van der Waals surface area contributed by atoms with E-state index in [4.69, 9.17) is 11.1 Å². The van der Waals surface area contributed by atoms with Crippen molar-refractivity contribution in [1.82, 2.24) is 4.90 Å². The van der Waals surface area contributed by atoms with Crippen molar-refractivity contribution in [1.29, 1.82) is 5.41 Å². The molecule has 0 aliphatic carbocycles. The topological polar surface area (TPSA) is 53.1 Å². The first-order valence-corrected chi connectivity index (χ1v) is 6.57. The first kappa shape index (κ1) is 14.7. The molecule has 3 N–H and O–H groups in total. The number of nitrogens with zero attached hydrogens (tertiary/aromatic N) is 1. The largest absolute Gasteiger partial charge is 0.387 e. The molecule has 3 heteroatoms. The van der Waals surface area contributed by atoms with Crippen LogP contribution in [0.1, 0.15) is 30.5 Å². The summed E-state index contributed by atoms with van der Waals surface area (Å²) < 4.78 is 0. The summed E-state index contributed by atoms with van der Waals surface area (Å²) in [5, 5.41) is 7.48. The molecule has 0 amide bonds. The van der Waals surface area contributed by atoms with Crippen LogP contribution in [-0.2, 0) is 6.54 Å². The van der Waals surface area contributed by atoms with Crippen LogP contribution in [0.3, 0.4) is 0 Å². The number of hydrogen-bond acceptors (Lipinski definition) is 2. The van der Waals surface area contributed by atoms with E-state index in [0.717, 1.165) is 19.6 Å². The Bertz CT molecular complexity index is 392. The Labute approximate surface area is 111 Å². The lowest BCUT2D eigenvalue weighted by molar-refractivity contribution is 0.262. The van der Waals surface area contributed by atoms with E-state index in [1.807, 2.05) is 6.92 Å². The van der Waals surface area contributed by atoms with E-state index in [9.17, 15) is 0 Å². The van der Waals surface area contributed by atoms with Crippen LogP contribution < -0.4 is 5.73 Å². The van der Waals surface area contributed by atoms with Crippen LogP contribution in [0, 0.1) is 25.2 Å². The fourth-order valence-electron chi connectivity index (χ4n) is 2.11. The Morgan fingerprint density at radius 1 is 1.33 bits per heavy atom. The molecule has 1 aromatic rings. The molecule has 0 spiro atoms. The molecule has 1 aromatic carbocycles. The van der Waals surface area contributed by atoms with Crippen LogP contribution in [0.4, 0.5) is 0 Å². The summed E-state index contributed by atoms with van der Waals surface area (Å²) in [5.41, 5.74) is 9.62. The highest BCUT2D eigenvalue weighted by Gasteiger charge is 2.13. The van der Waals surface area contributed by atoms with Crippen LogP contribution in [0.15, 0.2) is 18.2 Å². The van der Waals surface area contributed by atoms with Gasteiger partial charge in [0.15, 0.2) is 0 Å². The van der Waals surface area contributed by atoms with Gasteiger partial charge in [-0.1, -0.05) is 32.0 Å². The molecule has 0 aliphatic heterocycles. The normalized spacial score (nSPS) is 12.7. The summed E-state index contributed by atoms with van der Waals surface area (Å²) in [7, 11) is 0. The maximum Gasteiger partial charge on any atom is 0.0947 e. The van der Waals surface area contributed by atoms with Gasteiger partial charge in [0.05, 0.1) is 5.84 Å². The zero-order chi connectivity index (χ0) is 13.7. The van der Waals surface area contributed by atoms with E-state index in [-0.39, 0.29) is 11.8 Å². The van der Waals surface area contributed by atoms with Crippen molar-refractivity contribution in [3.8, 4) is 0 Å².